The van der Waals surface area contributed by atoms with Crippen molar-refractivity contribution in [2.75, 3.05) is 6.61 Å². The van der Waals surface area contributed by atoms with Crippen LogP contribution < -0.4 is 4.74 Å². The highest BCUT2D eigenvalue weighted by molar-refractivity contribution is 7.91. The van der Waals surface area contributed by atoms with Crippen molar-refractivity contribution in [1.82, 2.24) is 0 Å². The summed E-state index contributed by atoms with van der Waals surface area (Å²) in [4.78, 5) is 10.5. The van der Waals surface area contributed by atoms with Crippen molar-refractivity contribution in [3.8, 4) is 16.9 Å². The maximum atomic E-state index is 14.7. The molecule has 3 aromatic rings. The van der Waals surface area contributed by atoms with Crippen molar-refractivity contribution in [2.24, 2.45) is 0 Å². The molecule has 28 heavy (non-hydrogen) atoms. The third-order valence-corrected chi connectivity index (χ3v) is 5.65. The van der Waals surface area contributed by atoms with Gasteiger partial charge in [-0.05, 0) is 48.5 Å². The van der Waals surface area contributed by atoms with Crippen molar-refractivity contribution in [1.29, 1.82) is 0 Å². The third-order valence-electron chi connectivity index (χ3n) is 3.89. The van der Waals surface area contributed by atoms with Gasteiger partial charge in [-0.1, -0.05) is 18.2 Å². The maximum absolute atomic E-state index is 14.7. The van der Waals surface area contributed by atoms with Gasteiger partial charge in [-0.3, -0.25) is 0 Å². The van der Waals surface area contributed by atoms with E-state index in [4.69, 9.17) is 9.84 Å². The predicted octanol–water partition coefficient (Wildman–Crippen LogP) is 3.93. The van der Waals surface area contributed by atoms with Crippen LogP contribution in [0.3, 0.4) is 0 Å². The van der Waals surface area contributed by atoms with Gasteiger partial charge in [-0.25, -0.2) is 22.0 Å². The van der Waals surface area contributed by atoms with Crippen LogP contribution in [0.25, 0.3) is 11.1 Å². The summed E-state index contributed by atoms with van der Waals surface area (Å²) in [6.07, 6.45) is 0. The van der Waals surface area contributed by atoms with E-state index in [1.807, 2.05) is 0 Å². The summed E-state index contributed by atoms with van der Waals surface area (Å²) < 4.78 is 58.7. The summed E-state index contributed by atoms with van der Waals surface area (Å²) in [7, 11) is -3.92. The lowest BCUT2D eigenvalue weighted by Crippen LogP contribution is -2.10. The van der Waals surface area contributed by atoms with Crippen LogP contribution in [0.5, 0.6) is 5.75 Å². The SMILES string of the molecule is O=C(O)COc1ccc(F)cc1-c1ccc(S(=O)(=O)c2ccccc2)cc1F. The Morgan fingerprint density at radius 3 is 2.25 bits per heavy atom. The minimum Gasteiger partial charge on any atom is -0.481 e. The average Bonchev–Trinajstić information content (AvgIpc) is 2.67. The molecule has 0 saturated carbocycles. The first-order valence-corrected chi connectivity index (χ1v) is 9.51. The number of benzene rings is 3. The summed E-state index contributed by atoms with van der Waals surface area (Å²) in [6.45, 7) is -0.694. The molecule has 0 atom stereocenters. The van der Waals surface area contributed by atoms with Gasteiger partial charge >= 0.3 is 5.97 Å². The van der Waals surface area contributed by atoms with E-state index in [9.17, 15) is 22.0 Å². The van der Waals surface area contributed by atoms with E-state index in [2.05, 4.69) is 0 Å². The second kappa shape index (κ2) is 7.77. The number of carboxylic acid groups (broad SMARTS) is 1. The molecular formula is C20H14F2O5S. The third kappa shape index (κ3) is 4.01. The Kier molecular flexibility index (Phi) is 5.41. The van der Waals surface area contributed by atoms with Crippen molar-refractivity contribution in [3.63, 3.8) is 0 Å². The lowest BCUT2D eigenvalue weighted by molar-refractivity contribution is -0.139. The van der Waals surface area contributed by atoms with E-state index in [1.54, 1.807) is 18.2 Å². The minimum atomic E-state index is -3.92. The lowest BCUT2D eigenvalue weighted by atomic mass is 10.0. The largest absolute Gasteiger partial charge is 0.481 e. The van der Waals surface area contributed by atoms with Crippen molar-refractivity contribution in [2.45, 2.75) is 9.79 Å². The van der Waals surface area contributed by atoms with Crippen molar-refractivity contribution in [3.05, 3.63) is 78.4 Å². The molecule has 1 N–H and O–H groups in total. The molecular weight excluding hydrogens is 390 g/mol. The Balaban J connectivity index is 2.04. The molecule has 0 aromatic heterocycles. The Hall–Kier alpha value is -3.26. The lowest BCUT2D eigenvalue weighted by Gasteiger charge is -2.12. The van der Waals surface area contributed by atoms with Crippen LogP contribution >= 0.6 is 0 Å². The van der Waals surface area contributed by atoms with Crippen molar-refractivity contribution >= 4 is 15.8 Å². The molecule has 0 unspecified atom stereocenters. The van der Waals surface area contributed by atoms with Crippen LogP contribution in [0.15, 0.2) is 76.5 Å². The quantitative estimate of drug-likeness (QED) is 0.673. The molecule has 8 heteroatoms. The van der Waals surface area contributed by atoms with Gasteiger partial charge in [0.15, 0.2) is 6.61 Å². The molecule has 0 aliphatic carbocycles. The Morgan fingerprint density at radius 2 is 1.61 bits per heavy atom. The molecule has 0 radical (unpaired) electrons. The molecule has 144 valence electrons. The summed E-state index contributed by atoms with van der Waals surface area (Å²) >= 11 is 0. The van der Waals surface area contributed by atoms with E-state index in [-0.39, 0.29) is 26.7 Å². The topological polar surface area (TPSA) is 80.7 Å². The first-order chi connectivity index (χ1) is 13.3. The number of carbonyl (C=O) groups is 1. The second-order valence-electron chi connectivity index (χ2n) is 5.78. The minimum absolute atomic E-state index is 0.0124. The van der Waals surface area contributed by atoms with Crippen LogP contribution in [0.2, 0.25) is 0 Å². The highest BCUT2D eigenvalue weighted by atomic mass is 32.2. The first-order valence-electron chi connectivity index (χ1n) is 8.03. The fourth-order valence-corrected chi connectivity index (χ4v) is 3.89. The van der Waals surface area contributed by atoms with E-state index >= 15 is 0 Å². The molecule has 3 aromatic carbocycles. The molecule has 0 heterocycles. The number of sulfone groups is 1. The van der Waals surface area contributed by atoms with Gasteiger partial charge in [0.25, 0.3) is 0 Å². The summed E-state index contributed by atoms with van der Waals surface area (Å²) in [5, 5.41) is 8.74. The Morgan fingerprint density at radius 1 is 0.893 bits per heavy atom. The van der Waals surface area contributed by atoms with Crippen LogP contribution in [-0.4, -0.2) is 26.1 Å². The van der Waals surface area contributed by atoms with E-state index < -0.39 is 34.0 Å². The Labute approximate surface area is 159 Å². The van der Waals surface area contributed by atoms with Crippen molar-refractivity contribution < 1.29 is 31.8 Å². The van der Waals surface area contributed by atoms with Gasteiger partial charge in [0.2, 0.25) is 9.84 Å². The fourth-order valence-electron chi connectivity index (χ4n) is 2.60. The molecule has 0 aliphatic heterocycles. The zero-order valence-corrected chi connectivity index (χ0v) is 15.1. The molecule has 0 bridgehead atoms. The van der Waals surface area contributed by atoms with Gasteiger partial charge in [0.05, 0.1) is 9.79 Å². The molecule has 0 saturated heterocycles. The molecule has 0 aliphatic rings. The smallest absolute Gasteiger partial charge is 0.341 e. The maximum Gasteiger partial charge on any atom is 0.341 e. The molecule has 0 fully saturated rings. The molecule has 5 nitrogen and oxygen atoms in total. The highest BCUT2D eigenvalue weighted by Crippen LogP contribution is 2.34. The summed E-state index contributed by atoms with van der Waals surface area (Å²) in [5.41, 5.74) is -0.144. The number of aliphatic carboxylic acids is 1. The predicted molar refractivity (Wildman–Crippen MR) is 96.8 cm³/mol. The monoisotopic (exact) mass is 404 g/mol. The number of carboxylic acids is 1. The van der Waals surface area contributed by atoms with Crippen LogP contribution in [0.4, 0.5) is 8.78 Å². The standard InChI is InChI=1S/C20H14F2O5S/c21-13-6-9-19(27-12-20(23)24)17(10-13)16-8-7-15(11-18(16)22)28(25,26)14-4-2-1-3-5-14/h1-11H,12H2,(H,23,24). The van der Waals surface area contributed by atoms with E-state index in [0.29, 0.717) is 0 Å². The Bertz CT molecular complexity index is 1130. The zero-order valence-electron chi connectivity index (χ0n) is 14.3. The highest BCUT2D eigenvalue weighted by Gasteiger charge is 2.21. The van der Waals surface area contributed by atoms with Gasteiger partial charge in [0, 0.05) is 11.1 Å². The molecule has 0 spiro atoms. The summed E-state index contributed by atoms with van der Waals surface area (Å²) in [5.74, 6) is -2.89. The number of hydrogen-bond donors (Lipinski definition) is 1. The number of ether oxygens (including phenoxy) is 1. The number of halogens is 2. The van der Waals surface area contributed by atoms with Crippen LogP contribution in [0.1, 0.15) is 0 Å². The van der Waals surface area contributed by atoms with E-state index in [0.717, 1.165) is 18.2 Å². The molecule has 3 rings (SSSR count). The van der Waals surface area contributed by atoms with Gasteiger partial charge in [-0.2, -0.15) is 0 Å². The molecule has 0 amide bonds. The number of hydrogen-bond acceptors (Lipinski definition) is 4. The normalized spacial score (nSPS) is 11.2. The van der Waals surface area contributed by atoms with Crippen LogP contribution in [-0.2, 0) is 14.6 Å². The van der Waals surface area contributed by atoms with E-state index in [1.165, 1.54) is 30.3 Å². The van der Waals surface area contributed by atoms with Gasteiger partial charge < -0.3 is 9.84 Å². The van der Waals surface area contributed by atoms with Gasteiger partial charge in [-0.15, -0.1) is 0 Å². The second-order valence-corrected chi connectivity index (χ2v) is 7.73. The fraction of sp³-hybridized carbons (Fsp3) is 0.0500. The number of rotatable bonds is 6. The first kappa shape index (κ1) is 19.5. The van der Waals surface area contributed by atoms with Crippen LogP contribution in [0, 0.1) is 11.6 Å². The van der Waals surface area contributed by atoms with Gasteiger partial charge in [0.1, 0.15) is 17.4 Å². The summed E-state index contributed by atoms with van der Waals surface area (Å²) in [6, 6.07) is 14.0. The average molecular weight is 404 g/mol. The zero-order chi connectivity index (χ0) is 20.3.